The Morgan fingerprint density at radius 2 is 0.808 bits per heavy atom. The molecule has 0 aromatic rings. The van der Waals surface area contributed by atoms with Crippen LogP contribution in [0, 0.1) is 0 Å². The second kappa shape index (κ2) is 26.1. The number of thiocarbonyl (C=S) groups is 2. The van der Waals surface area contributed by atoms with Crippen LogP contribution in [0.25, 0.3) is 0 Å². The van der Waals surface area contributed by atoms with Crippen LogP contribution in [0.2, 0.25) is 0 Å². The molecule has 0 aliphatic carbocycles. The van der Waals surface area contributed by atoms with Crippen molar-refractivity contribution in [2.24, 2.45) is 0 Å². The van der Waals surface area contributed by atoms with Gasteiger partial charge in [-0.25, -0.2) is 0 Å². The van der Waals surface area contributed by atoms with E-state index in [0.717, 1.165) is 26.2 Å². The molecule has 0 unspecified atom stereocenters. The Balaban J connectivity index is -0.000000371. The molecule has 0 radical (unpaired) electrons. The van der Waals surface area contributed by atoms with Gasteiger partial charge in [0.25, 0.3) is 0 Å². The van der Waals surface area contributed by atoms with Crippen LogP contribution >= 0.6 is 34.3 Å². The molecule has 154 valence electrons. The molecule has 0 amide bonds. The van der Waals surface area contributed by atoms with Crippen molar-refractivity contribution >= 4 is 68.2 Å². The van der Waals surface area contributed by atoms with Crippen LogP contribution < -0.4 is 0 Å². The molecule has 0 spiro atoms. The van der Waals surface area contributed by atoms with E-state index in [9.17, 15) is 0 Å². The third-order valence-corrected chi connectivity index (χ3v) is 4.68. The molecule has 8 heteroatoms. The van der Waals surface area contributed by atoms with Crippen molar-refractivity contribution in [3.8, 4) is 0 Å². The minimum absolute atomic E-state index is 0.636. The van der Waals surface area contributed by atoms with Crippen LogP contribution in [0.5, 0.6) is 0 Å². The Kier molecular flexibility index (Phi) is 32.0. The van der Waals surface area contributed by atoms with E-state index in [0.29, 0.717) is 8.64 Å². The molecular weight excluding hydrogens is 500 g/mol. The predicted molar refractivity (Wildman–Crippen MR) is 130 cm³/mol. The zero-order chi connectivity index (χ0) is 20.8. The Hall–Kier alpha value is 1.13. The molecule has 0 aliphatic heterocycles. The van der Waals surface area contributed by atoms with Crippen LogP contribution in [0.4, 0.5) is 0 Å². The van der Waals surface area contributed by atoms with Gasteiger partial charge >= 0.3 is 27.8 Å². The number of nitrogens with zero attached hydrogens (tertiary/aromatic N) is 2. The summed E-state index contributed by atoms with van der Waals surface area (Å²) in [6.45, 7) is 12.9. The van der Waals surface area contributed by atoms with Crippen molar-refractivity contribution in [2.45, 2.75) is 79.1 Å². The van der Waals surface area contributed by atoms with E-state index >= 15 is 0 Å². The van der Waals surface area contributed by atoms with Gasteiger partial charge in [0, 0.05) is 26.2 Å². The number of hydrogen-bond acceptors (Lipinski definition) is 5. The Morgan fingerprint density at radius 1 is 0.615 bits per heavy atom. The third kappa shape index (κ3) is 23.2. The van der Waals surface area contributed by atoms with Gasteiger partial charge in [-0.1, -0.05) is 62.0 Å². The van der Waals surface area contributed by atoms with Crippen molar-refractivity contribution in [2.75, 3.05) is 26.2 Å². The summed E-state index contributed by atoms with van der Waals surface area (Å²) >= 11 is 21.5. The third-order valence-electron chi connectivity index (χ3n) is 3.64. The molecule has 0 rings (SSSR count). The van der Waals surface area contributed by atoms with Crippen LogP contribution in [-0.4, -0.2) is 44.6 Å². The zero-order valence-corrected chi connectivity index (χ0v) is 22.9. The SMILES string of the molecule is CCCCN(CCCC)C(=S)[S-].CCCCN(CCCC)C(=S)[S-].[S]=[Mo+2]. The van der Waals surface area contributed by atoms with Crippen LogP contribution in [-0.2, 0) is 43.3 Å². The van der Waals surface area contributed by atoms with Crippen molar-refractivity contribution in [1.82, 2.24) is 9.80 Å². The minimum atomic E-state index is 0.636. The first-order valence-electron chi connectivity index (χ1n) is 9.52. The summed E-state index contributed by atoms with van der Waals surface area (Å²) in [5.74, 6) is 0. The molecule has 0 aliphatic rings. The maximum absolute atomic E-state index is 4.98. The normalized spacial score (nSPS) is 9.19. The fourth-order valence-corrected chi connectivity index (χ4v) is 2.71. The monoisotopic (exact) mass is 538 g/mol. The summed E-state index contributed by atoms with van der Waals surface area (Å²) in [7, 11) is 4.09. The fourth-order valence-electron chi connectivity index (χ4n) is 1.98. The van der Waals surface area contributed by atoms with E-state index in [1.54, 1.807) is 0 Å². The fraction of sp³-hybridized carbons (Fsp3) is 0.889. The second-order valence-corrected chi connectivity index (χ2v) is 7.98. The first-order valence-corrected chi connectivity index (χ1v) is 13.9. The van der Waals surface area contributed by atoms with Gasteiger partial charge in [-0.2, -0.15) is 0 Å². The van der Waals surface area contributed by atoms with Crippen LogP contribution in [0.1, 0.15) is 79.1 Å². The van der Waals surface area contributed by atoms with Crippen molar-refractivity contribution < 1.29 is 18.0 Å². The molecular formula is C18H36MoN2S5. The van der Waals surface area contributed by atoms with Gasteiger partial charge in [0.05, 0.1) is 0 Å². The maximum atomic E-state index is 4.98. The zero-order valence-electron chi connectivity index (χ0n) is 16.8. The van der Waals surface area contributed by atoms with Gasteiger partial charge in [0.2, 0.25) is 0 Å². The standard InChI is InChI=1S/2C9H19NS2.Mo.S/c2*1-3-5-7-10(9(11)12)8-6-4-2;;/h2*3-8H2,1-2H3,(H,11,12);;/q;;+2;/p-2. The summed E-state index contributed by atoms with van der Waals surface area (Å²) in [6.07, 6.45) is 9.62. The molecule has 0 atom stereocenters. The van der Waals surface area contributed by atoms with E-state index in [-0.39, 0.29) is 0 Å². The van der Waals surface area contributed by atoms with E-state index < -0.39 is 0 Å². The first-order chi connectivity index (χ1) is 12.4. The van der Waals surface area contributed by atoms with Gasteiger partial charge in [-0.15, -0.1) is 0 Å². The molecule has 0 aromatic heterocycles. The summed E-state index contributed by atoms with van der Waals surface area (Å²) < 4.78 is 1.27. The molecule has 0 N–H and O–H groups in total. The van der Waals surface area contributed by atoms with E-state index in [2.05, 4.69) is 47.3 Å². The number of hydrogen-bond donors (Lipinski definition) is 0. The van der Waals surface area contributed by atoms with Gasteiger partial charge in [0.15, 0.2) is 0 Å². The van der Waals surface area contributed by atoms with Crippen LogP contribution in [0.15, 0.2) is 0 Å². The molecule has 0 bridgehead atoms. The summed E-state index contributed by atoms with van der Waals surface area (Å²) in [5.41, 5.74) is 0. The van der Waals surface area contributed by atoms with Gasteiger partial charge in [-0.05, 0) is 25.7 Å². The second-order valence-electron chi connectivity index (χ2n) is 5.92. The quantitative estimate of drug-likeness (QED) is 0.167. The van der Waals surface area contributed by atoms with Crippen LogP contribution in [0.3, 0.4) is 0 Å². The number of rotatable bonds is 12. The Labute approximate surface area is 199 Å². The topological polar surface area (TPSA) is 6.48 Å². The molecule has 0 aromatic carbocycles. The molecule has 0 fully saturated rings. The molecule has 0 saturated heterocycles. The first kappa shape index (κ1) is 31.8. The van der Waals surface area contributed by atoms with Crippen molar-refractivity contribution in [3.63, 3.8) is 0 Å². The van der Waals surface area contributed by atoms with Crippen molar-refractivity contribution in [1.29, 1.82) is 0 Å². The molecule has 2 nitrogen and oxygen atoms in total. The number of unbranched alkanes of at least 4 members (excludes halogenated alkanes) is 4. The van der Waals surface area contributed by atoms with E-state index in [1.165, 1.54) is 69.4 Å². The average Bonchev–Trinajstić information content (AvgIpc) is 2.63. The summed E-state index contributed by atoms with van der Waals surface area (Å²) in [5, 5.41) is 0. The van der Waals surface area contributed by atoms with Gasteiger partial charge in [-0.3, -0.25) is 0 Å². The van der Waals surface area contributed by atoms with E-state index in [1.807, 2.05) is 0 Å². The summed E-state index contributed by atoms with van der Waals surface area (Å²) in [6, 6.07) is 0. The Morgan fingerprint density at radius 3 is 0.923 bits per heavy atom. The summed E-state index contributed by atoms with van der Waals surface area (Å²) in [4.78, 5) is 4.27. The van der Waals surface area contributed by atoms with E-state index in [4.69, 9.17) is 49.7 Å². The molecule has 0 heterocycles. The predicted octanol–water partition coefficient (Wildman–Crippen LogP) is 6.09. The average molecular weight is 537 g/mol. The van der Waals surface area contributed by atoms with Crippen molar-refractivity contribution in [3.05, 3.63) is 0 Å². The van der Waals surface area contributed by atoms with Gasteiger partial charge < -0.3 is 59.5 Å². The Bertz CT molecular complexity index is 287. The molecule has 26 heavy (non-hydrogen) atoms. The van der Waals surface area contributed by atoms with Gasteiger partial charge in [0.1, 0.15) is 0 Å². The molecule has 0 saturated carbocycles.